The average molecular weight is 268 g/mol. The van der Waals surface area contributed by atoms with Crippen LogP contribution in [0.5, 0.6) is 0 Å². The van der Waals surface area contributed by atoms with Gasteiger partial charge in [0.25, 0.3) is 0 Å². The molecule has 0 saturated heterocycles. The van der Waals surface area contributed by atoms with Crippen molar-refractivity contribution in [3.63, 3.8) is 0 Å². The van der Waals surface area contributed by atoms with Crippen molar-refractivity contribution in [2.24, 2.45) is 0 Å². The van der Waals surface area contributed by atoms with Crippen LogP contribution in [0.25, 0.3) is 6.08 Å². The molecule has 1 aromatic heterocycles. The highest BCUT2D eigenvalue weighted by Gasteiger charge is 2.01. The monoisotopic (exact) mass is 268 g/mol. The van der Waals surface area contributed by atoms with Crippen molar-refractivity contribution in [3.05, 3.63) is 63.4 Å². The number of carboxylic acid groups (broad SMARTS) is 1. The first-order valence-corrected chi connectivity index (χ1v) is 6.55. The van der Waals surface area contributed by atoms with E-state index >= 15 is 0 Å². The predicted molar refractivity (Wildman–Crippen MR) is 78.0 cm³/mol. The first kappa shape index (κ1) is 13.1. The second-order valence-corrected chi connectivity index (χ2v) is 5.07. The molecule has 0 atom stereocenters. The van der Waals surface area contributed by atoms with Crippen LogP contribution in [0.1, 0.15) is 22.2 Å². The van der Waals surface area contributed by atoms with Gasteiger partial charge >= 0.3 is 5.97 Å². The van der Waals surface area contributed by atoms with E-state index in [4.69, 9.17) is 5.11 Å². The lowest BCUT2D eigenvalue weighted by molar-refractivity contribution is -0.132. The fraction of sp³-hybridized carbons (Fsp3) is 0.0625. The molecule has 0 aliphatic carbocycles. The molecule has 1 aromatic carbocycles. The summed E-state index contributed by atoms with van der Waals surface area (Å²) >= 11 is 1.48. The summed E-state index contributed by atoms with van der Waals surface area (Å²) in [6.45, 7) is 1.58. The molecule has 19 heavy (non-hydrogen) atoms. The Morgan fingerprint density at radius 1 is 1.16 bits per heavy atom. The van der Waals surface area contributed by atoms with Gasteiger partial charge in [-0.05, 0) is 37.3 Å². The summed E-state index contributed by atoms with van der Waals surface area (Å²) in [5.41, 5.74) is 1.29. The highest BCUT2D eigenvalue weighted by atomic mass is 32.1. The predicted octanol–water partition coefficient (Wildman–Crippen LogP) is 3.64. The Balaban J connectivity index is 2.17. The second kappa shape index (κ2) is 6.03. The van der Waals surface area contributed by atoms with E-state index in [1.165, 1.54) is 11.3 Å². The van der Waals surface area contributed by atoms with Crippen LogP contribution in [0.15, 0.2) is 48.0 Å². The molecule has 3 heteroatoms. The Morgan fingerprint density at radius 2 is 1.89 bits per heavy atom. The molecule has 0 amide bonds. The largest absolute Gasteiger partial charge is 0.478 e. The summed E-state index contributed by atoms with van der Waals surface area (Å²) in [4.78, 5) is 12.6. The molecular formula is C16H12O2S. The summed E-state index contributed by atoms with van der Waals surface area (Å²) < 4.78 is 0. The smallest absolute Gasteiger partial charge is 0.331 e. The van der Waals surface area contributed by atoms with Gasteiger partial charge in [-0.2, -0.15) is 0 Å². The maximum Gasteiger partial charge on any atom is 0.331 e. The third-order valence-corrected chi connectivity index (χ3v) is 3.37. The highest BCUT2D eigenvalue weighted by molar-refractivity contribution is 7.13. The molecule has 2 nitrogen and oxygen atoms in total. The Hall–Kier alpha value is -2.31. The number of hydrogen-bond acceptors (Lipinski definition) is 2. The van der Waals surface area contributed by atoms with Gasteiger partial charge in [0.05, 0.1) is 4.88 Å². The summed E-state index contributed by atoms with van der Waals surface area (Å²) in [6, 6.07) is 13.5. The second-order valence-electron chi connectivity index (χ2n) is 3.95. The van der Waals surface area contributed by atoms with Crippen LogP contribution in [0.3, 0.4) is 0 Å². The Bertz CT molecular complexity index is 670. The van der Waals surface area contributed by atoms with Crippen LogP contribution in [-0.4, -0.2) is 11.1 Å². The first-order chi connectivity index (χ1) is 9.15. The van der Waals surface area contributed by atoms with Crippen LogP contribution in [0.4, 0.5) is 0 Å². The molecular weight excluding hydrogens is 256 g/mol. The number of carbonyl (C=O) groups is 1. The van der Waals surface area contributed by atoms with Crippen LogP contribution >= 0.6 is 11.3 Å². The van der Waals surface area contributed by atoms with Crippen LogP contribution in [0.2, 0.25) is 0 Å². The van der Waals surface area contributed by atoms with E-state index in [9.17, 15) is 4.79 Å². The topological polar surface area (TPSA) is 37.3 Å². The highest BCUT2D eigenvalue weighted by Crippen LogP contribution is 2.18. The maximum atomic E-state index is 10.7. The fourth-order valence-electron chi connectivity index (χ4n) is 1.43. The van der Waals surface area contributed by atoms with E-state index in [-0.39, 0.29) is 0 Å². The maximum absolute atomic E-state index is 10.7. The molecule has 0 aliphatic rings. The molecule has 0 radical (unpaired) electrons. The van der Waals surface area contributed by atoms with Gasteiger partial charge in [0.2, 0.25) is 0 Å². The van der Waals surface area contributed by atoms with Crippen molar-refractivity contribution < 1.29 is 9.90 Å². The minimum Gasteiger partial charge on any atom is -0.478 e. The minimum absolute atomic E-state index is 0.324. The van der Waals surface area contributed by atoms with Crippen molar-refractivity contribution in [2.45, 2.75) is 6.92 Å². The lowest BCUT2D eigenvalue weighted by Crippen LogP contribution is -1.94. The number of aliphatic carboxylic acids is 1. The first-order valence-electron chi connectivity index (χ1n) is 5.73. The zero-order valence-corrected chi connectivity index (χ0v) is 11.2. The number of rotatable bonds is 2. The molecule has 1 N–H and O–H groups in total. The average Bonchev–Trinajstić information content (AvgIpc) is 2.85. The molecule has 0 saturated carbocycles. The van der Waals surface area contributed by atoms with E-state index in [2.05, 4.69) is 11.8 Å². The summed E-state index contributed by atoms with van der Waals surface area (Å²) in [5, 5.41) is 8.81. The summed E-state index contributed by atoms with van der Waals surface area (Å²) in [6.07, 6.45) is 1.65. The van der Waals surface area contributed by atoms with Gasteiger partial charge in [-0.15, -0.1) is 11.3 Å². The Kier molecular flexibility index (Phi) is 4.17. The van der Waals surface area contributed by atoms with E-state index < -0.39 is 5.97 Å². The summed E-state index contributed by atoms with van der Waals surface area (Å²) in [5.74, 6) is 5.25. The molecule has 2 aromatic rings. The van der Waals surface area contributed by atoms with Gasteiger partial charge in [0.15, 0.2) is 0 Å². The van der Waals surface area contributed by atoms with Crippen molar-refractivity contribution >= 4 is 23.4 Å². The number of hydrogen-bond donors (Lipinski definition) is 1. The standard InChI is InChI=1S/C16H12O2S/c1-12(16(17)18)11-15-10-9-14(19-15)8-7-13-5-3-2-4-6-13/h2-6,9-11H,1H3,(H,17,18)/b12-11+. The molecule has 0 spiro atoms. The lowest BCUT2D eigenvalue weighted by Gasteiger charge is -1.89. The van der Waals surface area contributed by atoms with Gasteiger partial charge in [-0.25, -0.2) is 4.79 Å². The zero-order valence-electron chi connectivity index (χ0n) is 10.4. The van der Waals surface area contributed by atoms with Crippen molar-refractivity contribution in [1.82, 2.24) is 0 Å². The van der Waals surface area contributed by atoms with E-state index in [1.807, 2.05) is 42.5 Å². The third kappa shape index (κ3) is 3.84. The molecule has 0 fully saturated rings. The quantitative estimate of drug-likeness (QED) is 0.667. The normalized spacial score (nSPS) is 10.7. The van der Waals surface area contributed by atoms with Gasteiger partial charge in [0.1, 0.15) is 0 Å². The van der Waals surface area contributed by atoms with Crippen LogP contribution in [0, 0.1) is 11.8 Å². The van der Waals surface area contributed by atoms with Crippen molar-refractivity contribution in [1.29, 1.82) is 0 Å². The van der Waals surface area contributed by atoms with Gasteiger partial charge in [-0.1, -0.05) is 30.0 Å². The minimum atomic E-state index is -0.898. The van der Waals surface area contributed by atoms with Crippen molar-refractivity contribution in [3.8, 4) is 11.8 Å². The zero-order chi connectivity index (χ0) is 13.7. The van der Waals surface area contributed by atoms with E-state index in [1.54, 1.807) is 13.0 Å². The SMILES string of the molecule is C/C(=C\c1ccc(C#Cc2ccccc2)s1)C(=O)O. The van der Waals surface area contributed by atoms with Crippen LogP contribution < -0.4 is 0 Å². The molecule has 0 unspecified atom stereocenters. The van der Waals surface area contributed by atoms with E-state index in [0.29, 0.717) is 5.57 Å². The molecule has 1 heterocycles. The number of benzene rings is 1. The Labute approximate surface area is 116 Å². The Morgan fingerprint density at radius 3 is 2.58 bits per heavy atom. The van der Waals surface area contributed by atoms with Gasteiger partial charge in [0, 0.05) is 16.0 Å². The molecule has 2 rings (SSSR count). The molecule has 0 aliphatic heterocycles. The summed E-state index contributed by atoms with van der Waals surface area (Å²) in [7, 11) is 0. The lowest BCUT2D eigenvalue weighted by atomic mass is 10.2. The van der Waals surface area contributed by atoms with Gasteiger partial charge < -0.3 is 5.11 Å². The van der Waals surface area contributed by atoms with Crippen molar-refractivity contribution in [2.75, 3.05) is 0 Å². The third-order valence-electron chi connectivity index (χ3n) is 2.43. The molecule has 94 valence electrons. The molecule has 0 bridgehead atoms. The van der Waals surface area contributed by atoms with Crippen LogP contribution in [-0.2, 0) is 4.79 Å². The number of carboxylic acids is 1. The van der Waals surface area contributed by atoms with Gasteiger partial charge in [-0.3, -0.25) is 0 Å². The fourth-order valence-corrected chi connectivity index (χ4v) is 2.29. The number of thiophene rings is 1. The van der Waals surface area contributed by atoms with E-state index in [0.717, 1.165) is 15.3 Å².